The molecule has 10 heteroatoms. The van der Waals surface area contributed by atoms with Crippen LogP contribution in [0.4, 0.5) is 5.88 Å². The van der Waals surface area contributed by atoms with Crippen molar-refractivity contribution in [3.8, 4) is 5.75 Å². The summed E-state index contributed by atoms with van der Waals surface area (Å²) in [6.07, 6.45) is 1.29. The smallest absolute Gasteiger partial charge is 0.433 e. The summed E-state index contributed by atoms with van der Waals surface area (Å²) in [6.45, 7) is 1.09. The average molecular weight is 390 g/mol. The highest BCUT2D eigenvalue weighted by Crippen LogP contribution is 2.24. The number of nitro groups is 1. The van der Waals surface area contributed by atoms with Crippen molar-refractivity contribution in [2.75, 3.05) is 6.61 Å². The molecular weight excluding hydrogens is 378 g/mol. The summed E-state index contributed by atoms with van der Waals surface area (Å²) in [5.41, 5.74) is 0.357. The number of hydrazone groups is 1. The van der Waals surface area contributed by atoms with E-state index in [9.17, 15) is 19.7 Å². The monoisotopic (exact) mass is 389 g/mol. The number of nitrogens with zero attached hydrogens (tertiary/aromatic N) is 3. The van der Waals surface area contributed by atoms with Crippen molar-refractivity contribution in [2.45, 2.75) is 6.92 Å². The van der Waals surface area contributed by atoms with Gasteiger partial charge in [-0.3, -0.25) is 19.7 Å². The van der Waals surface area contributed by atoms with E-state index in [1.54, 1.807) is 24.3 Å². The Morgan fingerprint density at radius 1 is 1.37 bits per heavy atom. The number of hydrogen-bond acceptors (Lipinski definition) is 7. The topological polar surface area (TPSA) is 115 Å². The highest BCUT2D eigenvalue weighted by atomic mass is 35.5. The van der Waals surface area contributed by atoms with Crippen LogP contribution in [0.2, 0.25) is 5.02 Å². The van der Waals surface area contributed by atoms with E-state index in [1.807, 2.05) is 0 Å². The molecule has 2 aromatic rings. The van der Waals surface area contributed by atoms with Crippen LogP contribution >= 0.6 is 11.6 Å². The second-order valence-corrected chi connectivity index (χ2v) is 5.81. The molecule has 0 aliphatic carbocycles. The van der Waals surface area contributed by atoms with Gasteiger partial charge in [0.15, 0.2) is 6.61 Å². The third-order valence-electron chi connectivity index (χ3n) is 3.57. The van der Waals surface area contributed by atoms with E-state index < -0.39 is 29.2 Å². The molecule has 0 N–H and O–H groups in total. The SMILES string of the molecule is CC1=NN(C(=O)COc2ccccc2Cl)C(=O)/C1=C\c1ccc([N+](=O)[O-])o1. The summed E-state index contributed by atoms with van der Waals surface area (Å²) in [5.74, 6) is -1.42. The van der Waals surface area contributed by atoms with Crippen LogP contribution < -0.4 is 4.74 Å². The zero-order valence-electron chi connectivity index (χ0n) is 13.9. The molecule has 0 saturated carbocycles. The Bertz CT molecular complexity index is 994. The van der Waals surface area contributed by atoms with Gasteiger partial charge in [0.1, 0.15) is 16.4 Å². The summed E-state index contributed by atoms with van der Waals surface area (Å²) in [7, 11) is 0. The molecule has 1 aromatic carbocycles. The Balaban J connectivity index is 1.72. The van der Waals surface area contributed by atoms with Gasteiger partial charge in [0.05, 0.1) is 22.4 Å². The number of carbonyl (C=O) groups is 2. The largest absolute Gasteiger partial charge is 0.482 e. The standard InChI is InChI=1S/C17H12ClN3O6/c1-10-12(8-11-6-7-16(27-11)21(24)25)17(23)20(19-10)15(22)9-26-14-5-3-2-4-13(14)18/h2-8H,9H2,1H3/b12-8-. The first-order chi connectivity index (χ1) is 12.9. The van der Waals surface area contributed by atoms with E-state index in [0.29, 0.717) is 15.8 Å². The van der Waals surface area contributed by atoms with Gasteiger partial charge < -0.3 is 9.15 Å². The maximum absolute atomic E-state index is 12.4. The van der Waals surface area contributed by atoms with Crippen molar-refractivity contribution < 1.29 is 23.7 Å². The van der Waals surface area contributed by atoms with Gasteiger partial charge in [-0.2, -0.15) is 10.1 Å². The summed E-state index contributed by atoms with van der Waals surface area (Å²) >= 11 is 5.95. The molecule has 27 heavy (non-hydrogen) atoms. The second kappa shape index (κ2) is 7.42. The van der Waals surface area contributed by atoms with E-state index >= 15 is 0 Å². The predicted molar refractivity (Wildman–Crippen MR) is 95.2 cm³/mol. The van der Waals surface area contributed by atoms with Crippen LogP contribution in [0.25, 0.3) is 6.08 Å². The Kier molecular flexibility index (Phi) is 5.04. The van der Waals surface area contributed by atoms with Crippen LogP contribution in [0.5, 0.6) is 5.75 Å². The number of carbonyl (C=O) groups excluding carboxylic acids is 2. The van der Waals surface area contributed by atoms with Crippen LogP contribution in [0.15, 0.2) is 51.5 Å². The first-order valence-electron chi connectivity index (χ1n) is 7.63. The lowest BCUT2D eigenvalue weighted by Crippen LogP contribution is -2.33. The fourth-order valence-corrected chi connectivity index (χ4v) is 2.47. The lowest BCUT2D eigenvalue weighted by molar-refractivity contribution is -0.402. The molecule has 0 unspecified atom stereocenters. The minimum Gasteiger partial charge on any atom is -0.482 e. The van der Waals surface area contributed by atoms with E-state index in [1.165, 1.54) is 25.1 Å². The van der Waals surface area contributed by atoms with Gasteiger partial charge in [-0.25, -0.2) is 0 Å². The fourth-order valence-electron chi connectivity index (χ4n) is 2.28. The van der Waals surface area contributed by atoms with Crippen LogP contribution in [0.1, 0.15) is 12.7 Å². The second-order valence-electron chi connectivity index (χ2n) is 5.41. The highest BCUT2D eigenvalue weighted by molar-refractivity contribution is 6.32. The molecule has 2 amide bonds. The lowest BCUT2D eigenvalue weighted by atomic mass is 10.1. The van der Waals surface area contributed by atoms with Crippen molar-refractivity contribution in [1.82, 2.24) is 5.01 Å². The lowest BCUT2D eigenvalue weighted by Gasteiger charge is -2.11. The van der Waals surface area contributed by atoms with E-state index in [4.69, 9.17) is 20.8 Å². The highest BCUT2D eigenvalue weighted by Gasteiger charge is 2.33. The molecular formula is C17H12ClN3O6. The molecule has 0 bridgehead atoms. The van der Waals surface area contributed by atoms with Crippen LogP contribution in [0, 0.1) is 10.1 Å². The van der Waals surface area contributed by atoms with Gasteiger partial charge in [0.25, 0.3) is 11.8 Å². The maximum Gasteiger partial charge on any atom is 0.433 e. The van der Waals surface area contributed by atoms with E-state index in [0.717, 1.165) is 0 Å². The number of amides is 2. The summed E-state index contributed by atoms with van der Waals surface area (Å²) in [5, 5.41) is 15.6. The Hall–Kier alpha value is -3.46. The van der Waals surface area contributed by atoms with Crippen LogP contribution in [0.3, 0.4) is 0 Å². The number of furan rings is 1. The Labute approximate surface area is 157 Å². The average Bonchev–Trinajstić information content (AvgIpc) is 3.21. The minimum absolute atomic E-state index is 0.0883. The zero-order valence-corrected chi connectivity index (χ0v) is 14.7. The number of para-hydroxylation sites is 1. The molecule has 0 atom stereocenters. The Morgan fingerprint density at radius 3 is 2.78 bits per heavy atom. The number of halogens is 1. The number of hydrogen-bond donors (Lipinski definition) is 0. The van der Waals surface area contributed by atoms with Crippen molar-refractivity contribution in [3.63, 3.8) is 0 Å². The molecule has 0 spiro atoms. The molecule has 0 saturated heterocycles. The van der Waals surface area contributed by atoms with Gasteiger partial charge in [-0.05, 0) is 31.2 Å². The third kappa shape index (κ3) is 3.87. The van der Waals surface area contributed by atoms with E-state index in [-0.39, 0.29) is 17.0 Å². The molecule has 9 nitrogen and oxygen atoms in total. The number of ether oxygens (including phenoxy) is 1. The van der Waals surface area contributed by atoms with Crippen molar-refractivity contribution in [1.29, 1.82) is 0 Å². The summed E-state index contributed by atoms with van der Waals surface area (Å²) in [4.78, 5) is 34.7. The van der Waals surface area contributed by atoms with Crippen molar-refractivity contribution >= 4 is 41.1 Å². The molecule has 0 fully saturated rings. The number of imide groups is 1. The molecule has 3 rings (SSSR count). The normalized spacial score (nSPS) is 15.2. The number of rotatable bonds is 5. The first kappa shape index (κ1) is 18.3. The van der Waals surface area contributed by atoms with Gasteiger partial charge in [0.2, 0.25) is 0 Å². The quantitative estimate of drug-likeness (QED) is 0.441. The van der Waals surface area contributed by atoms with Gasteiger partial charge in [0, 0.05) is 0 Å². The predicted octanol–water partition coefficient (Wildman–Crippen LogP) is 3.05. The first-order valence-corrected chi connectivity index (χ1v) is 8.00. The van der Waals surface area contributed by atoms with Gasteiger partial charge >= 0.3 is 5.88 Å². The third-order valence-corrected chi connectivity index (χ3v) is 3.88. The zero-order chi connectivity index (χ0) is 19.6. The molecule has 138 valence electrons. The van der Waals surface area contributed by atoms with Crippen molar-refractivity contribution in [3.05, 3.63) is 62.9 Å². The van der Waals surface area contributed by atoms with Crippen LogP contribution in [-0.2, 0) is 9.59 Å². The Morgan fingerprint density at radius 2 is 2.11 bits per heavy atom. The van der Waals surface area contributed by atoms with Crippen molar-refractivity contribution in [2.24, 2.45) is 5.10 Å². The molecule has 2 heterocycles. The number of benzene rings is 1. The van der Waals surface area contributed by atoms with E-state index in [2.05, 4.69) is 5.10 Å². The molecule has 1 aromatic heterocycles. The summed E-state index contributed by atoms with van der Waals surface area (Å²) in [6, 6.07) is 9.11. The fraction of sp³-hybridized carbons (Fsp3) is 0.118. The van der Waals surface area contributed by atoms with Gasteiger partial charge in [-0.15, -0.1) is 0 Å². The van der Waals surface area contributed by atoms with Gasteiger partial charge in [-0.1, -0.05) is 23.7 Å². The summed E-state index contributed by atoms with van der Waals surface area (Å²) < 4.78 is 10.3. The van der Waals surface area contributed by atoms with Crippen LogP contribution in [-0.4, -0.2) is 34.1 Å². The molecule has 0 radical (unpaired) electrons. The molecule has 1 aliphatic heterocycles. The molecule has 1 aliphatic rings. The maximum atomic E-state index is 12.4. The minimum atomic E-state index is -0.693.